The van der Waals surface area contributed by atoms with Crippen molar-refractivity contribution in [3.63, 3.8) is 0 Å². The molecule has 1 atom stereocenters. The Balaban J connectivity index is 1.40. The van der Waals surface area contributed by atoms with Crippen molar-refractivity contribution in [1.82, 2.24) is 4.31 Å². The van der Waals surface area contributed by atoms with E-state index in [1.807, 2.05) is 12.1 Å². The number of methoxy groups -OCH3 is 1. The molecule has 1 saturated heterocycles. The number of hydrogen-bond donors (Lipinski definition) is 1. The van der Waals surface area contributed by atoms with Crippen LogP contribution in [0.15, 0.2) is 53.4 Å². The average Bonchev–Trinajstić information content (AvgIpc) is 3.67. The van der Waals surface area contributed by atoms with Crippen molar-refractivity contribution in [3.05, 3.63) is 54.1 Å². The highest BCUT2D eigenvalue weighted by atomic mass is 32.2. The lowest BCUT2D eigenvalue weighted by Gasteiger charge is -2.31. The zero-order valence-electron chi connectivity index (χ0n) is 19.5. The first-order chi connectivity index (χ1) is 16.3. The van der Waals surface area contributed by atoms with Gasteiger partial charge in [-0.25, -0.2) is 8.42 Å². The molecule has 4 rings (SSSR count). The zero-order valence-corrected chi connectivity index (χ0v) is 20.3. The third-order valence-electron chi connectivity index (χ3n) is 6.57. The fourth-order valence-corrected chi connectivity index (χ4v) is 5.92. The number of rotatable bonds is 8. The molecule has 0 bridgehead atoms. The summed E-state index contributed by atoms with van der Waals surface area (Å²) in [7, 11) is -2.18. The summed E-state index contributed by atoms with van der Waals surface area (Å²) in [6.45, 7) is 2.65. The first-order valence-corrected chi connectivity index (χ1v) is 13.0. The molecule has 2 aromatic carbocycles. The normalized spacial score (nSPS) is 19.8. The molecule has 0 spiro atoms. The van der Waals surface area contributed by atoms with Gasteiger partial charge in [-0.1, -0.05) is 12.1 Å². The zero-order chi connectivity index (χ0) is 24.3. The van der Waals surface area contributed by atoms with Gasteiger partial charge in [-0.05, 0) is 74.6 Å². The lowest BCUT2D eigenvalue weighted by molar-refractivity contribution is -0.146. The Morgan fingerprint density at radius 1 is 1.09 bits per heavy atom. The van der Waals surface area contributed by atoms with Crippen LogP contribution in [0.25, 0.3) is 0 Å². The van der Waals surface area contributed by atoms with Crippen molar-refractivity contribution in [2.75, 3.05) is 32.1 Å². The van der Waals surface area contributed by atoms with E-state index in [-0.39, 0.29) is 23.3 Å². The topological polar surface area (TPSA) is 102 Å². The van der Waals surface area contributed by atoms with Crippen LogP contribution < -0.4 is 10.1 Å². The number of sulfonamides is 1. The Bertz CT molecular complexity index is 1140. The average molecular weight is 487 g/mol. The molecule has 8 nitrogen and oxygen atoms in total. The third kappa shape index (κ3) is 4.81. The van der Waals surface area contributed by atoms with Gasteiger partial charge in [0.1, 0.15) is 5.75 Å². The van der Waals surface area contributed by atoms with Gasteiger partial charge >= 0.3 is 5.97 Å². The summed E-state index contributed by atoms with van der Waals surface area (Å²) in [5, 5.41) is 2.90. The number of ether oxygens (including phenoxy) is 2. The molecule has 1 aliphatic carbocycles. The highest BCUT2D eigenvalue weighted by Gasteiger charge is 2.52. The summed E-state index contributed by atoms with van der Waals surface area (Å²) in [5.74, 6) is -0.285. The molecule has 2 aliphatic rings. The van der Waals surface area contributed by atoms with Gasteiger partial charge < -0.3 is 14.8 Å². The van der Waals surface area contributed by atoms with E-state index >= 15 is 0 Å². The quantitative estimate of drug-likeness (QED) is 0.575. The second-order valence-electron chi connectivity index (χ2n) is 8.75. The summed E-state index contributed by atoms with van der Waals surface area (Å²) < 4.78 is 37.8. The molecular formula is C25H30N2O6S. The van der Waals surface area contributed by atoms with Gasteiger partial charge in [0.15, 0.2) is 0 Å². The Labute approximate surface area is 200 Å². The minimum Gasteiger partial charge on any atom is -0.497 e. The van der Waals surface area contributed by atoms with Gasteiger partial charge in [-0.2, -0.15) is 4.31 Å². The Morgan fingerprint density at radius 3 is 2.35 bits per heavy atom. The molecule has 1 heterocycles. The maximum absolute atomic E-state index is 13.1. The number of esters is 1. The minimum absolute atomic E-state index is 0.129. The molecule has 1 saturated carbocycles. The second kappa shape index (κ2) is 9.76. The van der Waals surface area contributed by atoms with Gasteiger partial charge in [0.25, 0.3) is 0 Å². The molecule has 34 heavy (non-hydrogen) atoms. The first kappa shape index (κ1) is 24.2. The predicted octanol–water partition coefficient (Wildman–Crippen LogP) is 3.33. The van der Waals surface area contributed by atoms with E-state index in [1.54, 1.807) is 31.2 Å². The molecule has 0 aromatic heterocycles. The van der Waals surface area contributed by atoms with Crippen LogP contribution in [0.5, 0.6) is 5.75 Å². The standard InChI is InChI=1S/C25H30N2O6S/c1-3-33-24(29)25(14-15-25)19-6-8-20(9-7-19)26-23(28)18-5-4-16-27(17-18)34(30,31)22-12-10-21(32-2)11-13-22/h6-13,18H,3-5,14-17H2,1-2H3,(H,26,28). The molecular weight excluding hydrogens is 456 g/mol. The maximum Gasteiger partial charge on any atom is 0.316 e. The first-order valence-electron chi connectivity index (χ1n) is 11.5. The van der Waals surface area contributed by atoms with Gasteiger partial charge in [0.2, 0.25) is 15.9 Å². The molecule has 2 aromatic rings. The van der Waals surface area contributed by atoms with E-state index in [4.69, 9.17) is 9.47 Å². The Hall–Kier alpha value is -2.91. The lowest BCUT2D eigenvalue weighted by Crippen LogP contribution is -2.43. The van der Waals surface area contributed by atoms with E-state index < -0.39 is 21.4 Å². The molecule has 1 N–H and O–H groups in total. The highest BCUT2D eigenvalue weighted by Crippen LogP contribution is 2.49. The van der Waals surface area contributed by atoms with E-state index in [0.717, 1.165) is 18.4 Å². The van der Waals surface area contributed by atoms with Crippen LogP contribution in [0.4, 0.5) is 5.69 Å². The molecule has 1 aliphatic heterocycles. The van der Waals surface area contributed by atoms with Crippen LogP contribution in [0.2, 0.25) is 0 Å². The monoisotopic (exact) mass is 486 g/mol. The molecule has 2 fully saturated rings. The van der Waals surface area contributed by atoms with Crippen LogP contribution in [0, 0.1) is 5.92 Å². The van der Waals surface area contributed by atoms with Crippen molar-refractivity contribution in [2.24, 2.45) is 5.92 Å². The summed E-state index contributed by atoms with van der Waals surface area (Å²) >= 11 is 0. The van der Waals surface area contributed by atoms with Gasteiger partial charge in [0, 0.05) is 18.8 Å². The molecule has 182 valence electrons. The lowest BCUT2D eigenvalue weighted by atomic mass is 9.95. The van der Waals surface area contributed by atoms with Gasteiger partial charge in [-0.3, -0.25) is 9.59 Å². The second-order valence-corrected chi connectivity index (χ2v) is 10.7. The van der Waals surface area contributed by atoms with E-state index in [0.29, 0.717) is 37.4 Å². The Kier molecular flexibility index (Phi) is 6.95. The number of amides is 1. The molecule has 1 unspecified atom stereocenters. The number of nitrogens with one attached hydrogen (secondary N) is 1. The number of hydrogen-bond acceptors (Lipinski definition) is 6. The summed E-state index contributed by atoms with van der Waals surface area (Å²) in [4.78, 5) is 25.4. The number of nitrogens with zero attached hydrogens (tertiary/aromatic N) is 1. The minimum atomic E-state index is -3.70. The molecule has 1 amide bonds. The van der Waals surface area contributed by atoms with E-state index in [1.165, 1.54) is 23.5 Å². The number of carbonyl (C=O) groups is 2. The fraction of sp³-hybridized carbons (Fsp3) is 0.440. The largest absolute Gasteiger partial charge is 0.497 e. The maximum atomic E-state index is 13.1. The van der Waals surface area contributed by atoms with Crippen LogP contribution in [-0.2, 0) is 29.8 Å². The van der Waals surface area contributed by atoms with Gasteiger partial charge in [0.05, 0.1) is 29.9 Å². The smallest absolute Gasteiger partial charge is 0.316 e. The van der Waals surface area contributed by atoms with Crippen molar-refractivity contribution in [2.45, 2.75) is 42.9 Å². The Morgan fingerprint density at radius 2 is 1.76 bits per heavy atom. The van der Waals surface area contributed by atoms with Crippen LogP contribution in [-0.4, -0.2) is 51.4 Å². The summed E-state index contributed by atoms with van der Waals surface area (Å²) in [6, 6.07) is 13.5. The number of piperidine rings is 1. The number of benzene rings is 2. The SMILES string of the molecule is CCOC(=O)C1(c2ccc(NC(=O)C3CCCN(S(=O)(=O)c4ccc(OC)cc4)C3)cc2)CC1. The molecule has 9 heteroatoms. The summed E-state index contributed by atoms with van der Waals surface area (Å²) in [6.07, 6.45) is 2.75. The van der Waals surface area contributed by atoms with Crippen LogP contribution in [0.1, 0.15) is 38.2 Å². The van der Waals surface area contributed by atoms with Crippen molar-refractivity contribution >= 4 is 27.6 Å². The van der Waals surface area contributed by atoms with E-state index in [2.05, 4.69) is 5.32 Å². The van der Waals surface area contributed by atoms with Crippen molar-refractivity contribution < 1.29 is 27.5 Å². The van der Waals surface area contributed by atoms with Crippen molar-refractivity contribution in [1.29, 1.82) is 0 Å². The number of anilines is 1. The third-order valence-corrected chi connectivity index (χ3v) is 8.45. The van der Waals surface area contributed by atoms with Gasteiger partial charge in [-0.15, -0.1) is 0 Å². The highest BCUT2D eigenvalue weighted by molar-refractivity contribution is 7.89. The van der Waals surface area contributed by atoms with Crippen molar-refractivity contribution in [3.8, 4) is 5.75 Å². The fourth-order valence-electron chi connectivity index (χ4n) is 4.39. The van der Waals surface area contributed by atoms with E-state index in [9.17, 15) is 18.0 Å². The molecule has 0 radical (unpaired) electrons. The van der Waals surface area contributed by atoms with Crippen LogP contribution in [0.3, 0.4) is 0 Å². The summed E-state index contributed by atoms with van der Waals surface area (Å²) in [5.41, 5.74) is 0.944. The number of carbonyl (C=O) groups excluding carboxylic acids is 2. The predicted molar refractivity (Wildman–Crippen MR) is 127 cm³/mol. The van der Waals surface area contributed by atoms with Crippen LogP contribution >= 0.6 is 0 Å².